The first kappa shape index (κ1) is 14.0. The minimum atomic E-state index is -0.862. The molecule has 1 saturated heterocycles. The summed E-state index contributed by atoms with van der Waals surface area (Å²) in [5.41, 5.74) is 0. The van der Waals surface area contributed by atoms with Gasteiger partial charge in [-0.05, 0) is 18.6 Å². The molecular formula is C13H17ClN2O3. The van der Waals surface area contributed by atoms with Gasteiger partial charge in [0.05, 0.1) is 11.6 Å². The molecule has 1 aromatic rings. The first-order chi connectivity index (χ1) is 9.16. The Morgan fingerprint density at radius 3 is 3.05 bits per heavy atom. The van der Waals surface area contributed by atoms with Gasteiger partial charge in [-0.25, -0.2) is 4.79 Å². The van der Waals surface area contributed by atoms with E-state index >= 15 is 0 Å². The molecule has 1 aromatic carbocycles. The Balaban J connectivity index is 1.77. The van der Waals surface area contributed by atoms with Gasteiger partial charge in [-0.1, -0.05) is 23.7 Å². The predicted octanol–water partition coefficient (Wildman–Crippen LogP) is 2.06. The van der Waals surface area contributed by atoms with Gasteiger partial charge in [-0.2, -0.15) is 0 Å². The number of hydrogen-bond donors (Lipinski definition) is 2. The number of benzene rings is 1. The van der Waals surface area contributed by atoms with Crippen molar-refractivity contribution in [2.24, 2.45) is 0 Å². The Morgan fingerprint density at radius 1 is 1.53 bits per heavy atom. The lowest BCUT2D eigenvalue weighted by atomic mass is 10.1. The lowest BCUT2D eigenvalue weighted by Gasteiger charge is -2.31. The highest BCUT2D eigenvalue weighted by Crippen LogP contribution is 2.23. The highest BCUT2D eigenvalue weighted by atomic mass is 35.5. The number of halogens is 1. The van der Waals surface area contributed by atoms with Crippen LogP contribution in [0, 0.1) is 0 Å². The lowest BCUT2D eigenvalue weighted by Crippen LogP contribution is -2.52. The summed E-state index contributed by atoms with van der Waals surface area (Å²) in [6.07, 6.45) is -0.117. The van der Waals surface area contributed by atoms with E-state index in [-0.39, 0.29) is 6.04 Å². The van der Waals surface area contributed by atoms with Gasteiger partial charge in [0.2, 0.25) is 0 Å². The number of para-hydroxylation sites is 1. The Labute approximate surface area is 117 Å². The average Bonchev–Trinajstić information content (AvgIpc) is 2.41. The number of carboxylic acid groups (broad SMARTS) is 1. The Hall–Kier alpha value is -1.46. The molecule has 0 aliphatic carbocycles. The Bertz CT molecular complexity index is 442. The topological polar surface area (TPSA) is 61.8 Å². The molecule has 0 radical (unpaired) electrons. The van der Waals surface area contributed by atoms with Crippen LogP contribution < -0.4 is 10.1 Å². The number of ether oxygens (including phenoxy) is 1. The van der Waals surface area contributed by atoms with Crippen LogP contribution in [0.1, 0.15) is 6.42 Å². The molecule has 104 valence electrons. The second kappa shape index (κ2) is 6.63. The summed E-state index contributed by atoms with van der Waals surface area (Å²) in [5, 5.41) is 12.8. The van der Waals surface area contributed by atoms with Crippen LogP contribution >= 0.6 is 11.6 Å². The van der Waals surface area contributed by atoms with Gasteiger partial charge in [0.1, 0.15) is 5.75 Å². The van der Waals surface area contributed by atoms with Crippen molar-refractivity contribution in [2.75, 3.05) is 26.2 Å². The molecule has 1 heterocycles. The molecule has 1 fully saturated rings. The first-order valence-corrected chi connectivity index (χ1v) is 6.63. The standard InChI is InChI=1S/C13H17ClN2O3/c14-11-3-1-2-4-12(11)19-8-5-10-9-16(13(17)18)7-6-15-10/h1-4,10,15H,5-9H2,(H,17,18)/t10-/m1/s1. The zero-order chi connectivity index (χ0) is 13.7. The van der Waals surface area contributed by atoms with Crippen molar-refractivity contribution in [1.29, 1.82) is 0 Å². The molecule has 6 heteroatoms. The SMILES string of the molecule is O=C(O)N1CCN[C@H](CCOc2ccccc2Cl)C1. The van der Waals surface area contributed by atoms with Gasteiger partial charge < -0.3 is 20.1 Å². The smallest absolute Gasteiger partial charge is 0.407 e. The second-order valence-electron chi connectivity index (χ2n) is 4.45. The van der Waals surface area contributed by atoms with Gasteiger partial charge in [-0.15, -0.1) is 0 Å². The lowest BCUT2D eigenvalue weighted by molar-refractivity contribution is 0.124. The zero-order valence-electron chi connectivity index (χ0n) is 10.5. The molecule has 0 saturated carbocycles. The second-order valence-corrected chi connectivity index (χ2v) is 4.85. The van der Waals surface area contributed by atoms with E-state index in [9.17, 15) is 4.79 Å². The highest BCUT2D eigenvalue weighted by molar-refractivity contribution is 6.32. The van der Waals surface area contributed by atoms with E-state index in [1.54, 1.807) is 6.07 Å². The maximum atomic E-state index is 10.9. The van der Waals surface area contributed by atoms with E-state index < -0.39 is 6.09 Å². The molecule has 0 spiro atoms. The number of rotatable bonds is 4. The van der Waals surface area contributed by atoms with Crippen molar-refractivity contribution in [3.63, 3.8) is 0 Å². The van der Waals surface area contributed by atoms with Crippen LogP contribution in [-0.2, 0) is 0 Å². The van der Waals surface area contributed by atoms with Crippen LogP contribution in [0.2, 0.25) is 5.02 Å². The quantitative estimate of drug-likeness (QED) is 0.888. The summed E-state index contributed by atoms with van der Waals surface area (Å²) < 4.78 is 5.60. The average molecular weight is 285 g/mol. The number of nitrogens with zero attached hydrogens (tertiary/aromatic N) is 1. The summed E-state index contributed by atoms with van der Waals surface area (Å²) in [4.78, 5) is 12.3. The van der Waals surface area contributed by atoms with Crippen LogP contribution in [0.15, 0.2) is 24.3 Å². The molecular weight excluding hydrogens is 268 g/mol. The highest BCUT2D eigenvalue weighted by Gasteiger charge is 2.22. The molecule has 1 aliphatic heterocycles. The Morgan fingerprint density at radius 2 is 2.32 bits per heavy atom. The first-order valence-electron chi connectivity index (χ1n) is 6.25. The fourth-order valence-electron chi connectivity index (χ4n) is 2.07. The van der Waals surface area contributed by atoms with Crippen molar-refractivity contribution in [1.82, 2.24) is 10.2 Å². The minimum absolute atomic E-state index is 0.132. The van der Waals surface area contributed by atoms with Crippen molar-refractivity contribution < 1.29 is 14.6 Å². The van der Waals surface area contributed by atoms with Crippen molar-refractivity contribution in [3.05, 3.63) is 29.3 Å². The third kappa shape index (κ3) is 4.01. The number of nitrogens with one attached hydrogen (secondary N) is 1. The Kier molecular flexibility index (Phi) is 4.87. The normalized spacial score (nSPS) is 19.2. The number of amides is 1. The van der Waals surface area contributed by atoms with Gasteiger partial charge in [0.25, 0.3) is 0 Å². The number of carbonyl (C=O) groups is 1. The number of piperazine rings is 1. The van der Waals surface area contributed by atoms with Gasteiger partial charge >= 0.3 is 6.09 Å². The molecule has 0 unspecified atom stereocenters. The van der Waals surface area contributed by atoms with Crippen LogP contribution in [-0.4, -0.2) is 48.4 Å². The van der Waals surface area contributed by atoms with Crippen molar-refractivity contribution in [3.8, 4) is 5.75 Å². The molecule has 0 aromatic heterocycles. The monoisotopic (exact) mass is 284 g/mol. The molecule has 5 nitrogen and oxygen atoms in total. The van der Waals surface area contributed by atoms with Gasteiger partial charge in [0, 0.05) is 25.7 Å². The largest absolute Gasteiger partial charge is 0.492 e. The maximum absolute atomic E-state index is 10.9. The molecule has 2 N–H and O–H groups in total. The molecule has 1 aliphatic rings. The van der Waals surface area contributed by atoms with E-state index in [1.165, 1.54) is 4.90 Å². The van der Waals surface area contributed by atoms with Gasteiger partial charge in [0.15, 0.2) is 0 Å². The molecule has 2 rings (SSSR count). The van der Waals surface area contributed by atoms with E-state index in [4.69, 9.17) is 21.4 Å². The maximum Gasteiger partial charge on any atom is 0.407 e. The fraction of sp³-hybridized carbons (Fsp3) is 0.462. The van der Waals surface area contributed by atoms with Crippen molar-refractivity contribution >= 4 is 17.7 Å². The summed E-state index contributed by atoms with van der Waals surface area (Å²) in [5.74, 6) is 0.662. The van der Waals surface area contributed by atoms with E-state index in [1.807, 2.05) is 18.2 Å². The van der Waals surface area contributed by atoms with Crippen molar-refractivity contribution in [2.45, 2.75) is 12.5 Å². The molecule has 1 amide bonds. The third-order valence-corrected chi connectivity index (χ3v) is 3.40. The zero-order valence-corrected chi connectivity index (χ0v) is 11.3. The molecule has 0 bridgehead atoms. The van der Waals surface area contributed by atoms with Crippen LogP contribution in [0.25, 0.3) is 0 Å². The van der Waals surface area contributed by atoms with Gasteiger partial charge in [-0.3, -0.25) is 0 Å². The molecule has 19 heavy (non-hydrogen) atoms. The van der Waals surface area contributed by atoms with E-state index in [2.05, 4.69) is 5.32 Å². The van der Waals surface area contributed by atoms with E-state index in [0.29, 0.717) is 37.0 Å². The van der Waals surface area contributed by atoms with E-state index in [0.717, 1.165) is 6.42 Å². The summed E-state index contributed by atoms with van der Waals surface area (Å²) in [6.45, 7) is 2.23. The summed E-state index contributed by atoms with van der Waals surface area (Å²) in [6, 6.07) is 7.45. The van der Waals surface area contributed by atoms with Crippen LogP contribution in [0.4, 0.5) is 4.79 Å². The summed E-state index contributed by atoms with van der Waals surface area (Å²) >= 11 is 5.98. The molecule has 1 atom stereocenters. The fourth-order valence-corrected chi connectivity index (χ4v) is 2.26. The minimum Gasteiger partial charge on any atom is -0.492 e. The van der Waals surface area contributed by atoms with Crippen LogP contribution in [0.3, 0.4) is 0 Å². The number of hydrogen-bond acceptors (Lipinski definition) is 3. The predicted molar refractivity (Wildman–Crippen MR) is 73.0 cm³/mol. The summed E-state index contributed by atoms with van der Waals surface area (Å²) in [7, 11) is 0. The van der Waals surface area contributed by atoms with Crippen LogP contribution in [0.5, 0.6) is 5.75 Å². The third-order valence-electron chi connectivity index (χ3n) is 3.09.